The molecular formula is C59H64N6O. The predicted octanol–water partition coefficient (Wildman–Crippen LogP) is 12.6. The van der Waals surface area contributed by atoms with E-state index in [1.165, 1.54) is 59.1 Å². The number of carbonyl (C=O) groups is 1. The largest absolute Gasteiger partial charge is 0.368 e. The molecule has 0 bridgehead atoms. The normalized spacial score (nSPS) is 17.9. The lowest BCUT2D eigenvalue weighted by Gasteiger charge is -2.47. The van der Waals surface area contributed by atoms with Gasteiger partial charge in [-0.1, -0.05) is 162 Å². The van der Waals surface area contributed by atoms with E-state index in [1.807, 2.05) is 24.5 Å². The molecule has 6 heterocycles. The number of hydrogen-bond donors (Lipinski definition) is 0. The summed E-state index contributed by atoms with van der Waals surface area (Å²) in [7, 11) is 0. The minimum Gasteiger partial charge on any atom is -0.368 e. The standard InChI is InChI=1S/C59H64N6O/c1-3-5-7-19-37-64-53(45-25-11-9-12-26-45)55(62-39-33-43-23-15-17-29-47(43)41-62)51(49-31-21-35-60-58(49)64)57(66)52-50-32-22-36-61-59(50)65(38-20-8-6-4-2)54(46-27-13-10-14-28-46)56(52)63-40-34-44-24-16-18-30-48(44)42-63/h9-18,21-32,35-36,53-54H,3-8,19-20,33-34,37-42H2,1-2H3. The number of aromatic nitrogens is 2. The van der Waals surface area contributed by atoms with Gasteiger partial charge in [0.05, 0.1) is 34.6 Å². The molecule has 4 aliphatic rings. The second kappa shape index (κ2) is 20.0. The fourth-order valence-electron chi connectivity index (χ4n) is 11.2. The Balaban J connectivity index is 1.25. The number of Topliss-reactive ketones (excluding diaryl/α,β-unsaturated/α-hetero) is 1. The van der Waals surface area contributed by atoms with Crippen molar-refractivity contribution in [2.75, 3.05) is 36.0 Å². The van der Waals surface area contributed by atoms with Gasteiger partial charge in [-0.2, -0.15) is 0 Å². The molecule has 0 N–H and O–H groups in total. The van der Waals surface area contributed by atoms with Gasteiger partial charge in [-0.25, -0.2) is 9.97 Å². The number of unbranched alkanes of at least 4 members (excludes halogenated alkanes) is 6. The van der Waals surface area contributed by atoms with E-state index < -0.39 is 0 Å². The van der Waals surface area contributed by atoms with Gasteiger partial charge in [0.1, 0.15) is 11.6 Å². The van der Waals surface area contributed by atoms with Gasteiger partial charge in [-0.3, -0.25) is 4.79 Å². The molecule has 2 unspecified atom stereocenters. The Kier molecular flexibility index (Phi) is 13.1. The molecule has 0 amide bonds. The molecule has 0 saturated carbocycles. The molecule has 2 aromatic heterocycles. The average Bonchev–Trinajstić information content (AvgIpc) is 3.38. The Morgan fingerprint density at radius 1 is 0.485 bits per heavy atom. The summed E-state index contributed by atoms with van der Waals surface area (Å²) < 4.78 is 0. The maximum absolute atomic E-state index is 17.2. The van der Waals surface area contributed by atoms with Crippen LogP contribution in [-0.2, 0) is 30.7 Å². The summed E-state index contributed by atoms with van der Waals surface area (Å²) in [4.78, 5) is 37.8. The first-order valence-corrected chi connectivity index (χ1v) is 24.8. The Bertz CT molecular complexity index is 2520. The third-order valence-corrected chi connectivity index (χ3v) is 14.4. The minimum atomic E-state index is -0.220. The van der Waals surface area contributed by atoms with Crippen LogP contribution in [0.4, 0.5) is 11.6 Å². The number of benzene rings is 4. The second-order valence-electron chi connectivity index (χ2n) is 18.6. The molecule has 0 fully saturated rings. The molecule has 0 saturated heterocycles. The summed E-state index contributed by atoms with van der Waals surface area (Å²) in [6.07, 6.45) is 14.8. The van der Waals surface area contributed by atoms with Crippen LogP contribution >= 0.6 is 0 Å². The molecule has 66 heavy (non-hydrogen) atoms. The van der Waals surface area contributed by atoms with Crippen LogP contribution in [0.3, 0.4) is 0 Å². The molecule has 7 heteroatoms. The van der Waals surface area contributed by atoms with E-state index >= 15 is 4.79 Å². The van der Waals surface area contributed by atoms with E-state index in [1.54, 1.807) is 0 Å². The van der Waals surface area contributed by atoms with Gasteiger partial charge >= 0.3 is 0 Å². The highest BCUT2D eigenvalue weighted by Crippen LogP contribution is 2.52. The highest BCUT2D eigenvalue weighted by molar-refractivity contribution is 6.44. The first-order valence-electron chi connectivity index (χ1n) is 24.8. The summed E-state index contributed by atoms with van der Waals surface area (Å²) in [6.45, 7) is 9.33. The first-order chi connectivity index (χ1) is 32.6. The van der Waals surface area contributed by atoms with Crippen LogP contribution in [0.2, 0.25) is 0 Å². The van der Waals surface area contributed by atoms with Gasteiger partial charge in [-0.05, 0) is 83.3 Å². The fourth-order valence-corrected chi connectivity index (χ4v) is 11.2. The molecule has 4 aliphatic heterocycles. The maximum atomic E-state index is 17.2. The fraction of sp³-hybridized carbons (Fsp3) is 0.339. The molecule has 336 valence electrons. The molecule has 2 atom stereocenters. The number of rotatable bonds is 16. The zero-order valence-corrected chi connectivity index (χ0v) is 38.9. The molecule has 4 aromatic carbocycles. The van der Waals surface area contributed by atoms with Crippen LogP contribution in [0.15, 0.2) is 157 Å². The van der Waals surface area contributed by atoms with Gasteiger partial charge in [0, 0.05) is 62.8 Å². The van der Waals surface area contributed by atoms with Crippen molar-refractivity contribution in [3.05, 3.63) is 202 Å². The van der Waals surface area contributed by atoms with Crippen molar-refractivity contribution >= 4 is 28.6 Å². The van der Waals surface area contributed by atoms with Crippen molar-refractivity contribution < 1.29 is 4.79 Å². The van der Waals surface area contributed by atoms with Crippen LogP contribution < -0.4 is 9.80 Å². The van der Waals surface area contributed by atoms with E-state index in [2.05, 4.69) is 155 Å². The van der Waals surface area contributed by atoms with Crippen molar-refractivity contribution in [2.24, 2.45) is 0 Å². The highest BCUT2D eigenvalue weighted by atomic mass is 16.1. The first kappa shape index (κ1) is 43.4. The number of carbonyl (C=O) groups excluding carboxylic acids is 1. The third-order valence-electron chi connectivity index (χ3n) is 14.4. The quantitative estimate of drug-likeness (QED) is 0.0898. The van der Waals surface area contributed by atoms with Crippen molar-refractivity contribution in [2.45, 2.75) is 103 Å². The number of ketones is 1. The topological polar surface area (TPSA) is 55.8 Å². The average molecular weight is 873 g/mol. The number of pyridine rings is 2. The lowest BCUT2D eigenvalue weighted by atomic mass is 9.79. The maximum Gasteiger partial charge on any atom is 0.198 e. The van der Waals surface area contributed by atoms with Crippen LogP contribution in [-0.4, -0.2) is 51.7 Å². The lowest BCUT2D eigenvalue weighted by molar-refractivity contribution is -0.109. The van der Waals surface area contributed by atoms with Gasteiger partial charge in [0.15, 0.2) is 5.78 Å². The Morgan fingerprint density at radius 2 is 0.894 bits per heavy atom. The second-order valence-corrected chi connectivity index (χ2v) is 18.6. The van der Waals surface area contributed by atoms with Crippen molar-refractivity contribution in [1.29, 1.82) is 0 Å². The Labute approximate surface area is 392 Å². The van der Waals surface area contributed by atoms with E-state index in [9.17, 15) is 0 Å². The molecule has 7 nitrogen and oxygen atoms in total. The van der Waals surface area contributed by atoms with Crippen molar-refractivity contribution in [1.82, 2.24) is 19.8 Å². The molecule has 6 aromatic rings. The van der Waals surface area contributed by atoms with E-state index in [0.717, 1.165) is 123 Å². The number of fused-ring (bicyclic) bond motifs is 4. The predicted molar refractivity (Wildman–Crippen MR) is 270 cm³/mol. The van der Waals surface area contributed by atoms with Gasteiger partial charge in [-0.15, -0.1) is 0 Å². The molecule has 0 aliphatic carbocycles. The Morgan fingerprint density at radius 3 is 1.32 bits per heavy atom. The molecule has 10 rings (SSSR count). The van der Waals surface area contributed by atoms with E-state index in [-0.39, 0.29) is 17.9 Å². The van der Waals surface area contributed by atoms with E-state index in [4.69, 9.17) is 9.97 Å². The number of anilines is 2. The SMILES string of the molecule is CCCCCCN1c2ncccc2C(C(=O)C2=C(N3CCc4ccccc4C3)C(c3ccccc3)N(CCCCCC)c3ncccc32)=C(N2CCc3ccccc3C2)C1c1ccccc1. The summed E-state index contributed by atoms with van der Waals surface area (Å²) in [6, 6.07) is 47.6. The van der Waals surface area contributed by atoms with E-state index in [0.29, 0.717) is 0 Å². The highest BCUT2D eigenvalue weighted by Gasteiger charge is 2.46. The Hall–Kier alpha value is -6.47. The van der Waals surface area contributed by atoms with Crippen molar-refractivity contribution in [3.63, 3.8) is 0 Å². The van der Waals surface area contributed by atoms with Crippen LogP contribution in [0, 0.1) is 0 Å². The van der Waals surface area contributed by atoms with Crippen molar-refractivity contribution in [3.8, 4) is 0 Å². The lowest BCUT2D eigenvalue weighted by Crippen LogP contribution is -2.45. The summed E-state index contributed by atoms with van der Waals surface area (Å²) in [5, 5.41) is 0. The summed E-state index contributed by atoms with van der Waals surface area (Å²) in [5.41, 5.74) is 13.3. The summed E-state index contributed by atoms with van der Waals surface area (Å²) in [5.74, 6) is 1.83. The zero-order chi connectivity index (χ0) is 44.8. The monoisotopic (exact) mass is 873 g/mol. The number of allylic oxidation sites excluding steroid dienone is 2. The molecular weight excluding hydrogens is 809 g/mol. The summed E-state index contributed by atoms with van der Waals surface area (Å²) >= 11 is 0. The molecule has 0 radical (unpaired) electrons. The third kappa shape index (κ3) is 8.45. The smallest absolute Gasteiger partial charge is 0.198 e. The van der Waals surface area contributed by atoms with Gasteiger partial charge in [0.25, 0.3) is 0 Å². The minimum absolute atomic E-state index is 0.0549. The van der Waals surface area contributed by atoms with Crippen LogP contribution in [0.1, 0.15) is 122 Å². The zero-order valence-electron chi connectivity index (χ0n) is 38.9. The van der Waals surface area contributed by atoms with Crippen LogP contribution in [0.5, 0.6) is 0 Å². The van der Waals surface area contributed by atoms with Gasteiger partial charge < -0.3 is 19.6 Å². The van der Waals surface area contributed by atoms with Crippen LogP contribution in [0.25, 0.3) is 11.1 Å². The number of nitrogens with zero attached hydrogens (tertiary/aromatic N) is 6. The van der Waals surface area contributed by atoms with Gasteiger partial charge in [0.2, 0.25) is 0 Å². The molecule has 0 spiro atoms. The number of hydrogen-bond acceptors (Lipinski definition) is 7.